The molecule has 0 radical (unpaired) electrons. The smallest absolute Gasteiger partial charge is 0.270 e. The molecule has 2 heterocycles. The van der Waals surface area contributed by atoms with Gasteiger partial charge < -0.3 is 10.6 Å². The summed E-state index contributed by atoms with van der Waals surface area (Å²) in [7, 11) is 0. The number of nitrogens with zero attached hydrogens (tertiary/aromatic N) is 2. The second-order valence-corrected chi connectivity index (χ2v) is 6.95. The van der Waals surface area contributed by atoms with Crippen molar-refractivity contribution in [3.8, 4) is 0 Å². The number of imidazole rings is 1. The molecule has 0 saturated carbocycles. The van der Waals surface area contributed by atoms with Gasteiger partial charge in [0.1, 0.15) is 11.3 Å². The summed E-state index contributed by atoms with van der Waals surface area (Å²) >= 11 is 0. The summed E-state index contributed by atoms with van der Waals surface area (Å²) in [5.74, 6) is 0.0351. The van der Waals surface area contributed by atoms with Gasteiger partial charge >= 0.3 is 0 Å². The molecule has 2 aromatic rings. The fraction of sp³-hybridized carbons (Fsp3) is 0.571. The molecule has 0 bridgehead atoms. The van der Waals surface area contributed by atoms with Gasteiger partial charge in [0.25, 0.3) is 5.91 Å². The quantitative estimate of drug-likeness (QED) is 0.559. The molecule has 2 amide bonds. The Labute approximate surface area is 161 Å². The Kier molecular flexibility index (Phi) is 8.81. The van der Waals surface area contributed by atoms with Crippen LogP contribution in [0.15, 0.2) is 24.4 Å². The van der Waals surface area contributed by atoms with Crippen LogP contribution in [0.25, 0.3) is 5.65 Å². The predicted octanol–water partition coefficient (Wildman–Crippen LogP) is 3.63. The fourth-order valence-electron chi connectivity index (χ4n) is 3.13. The second-order valence-electron chi connectivity index (χ2n) is 6.95. The molecular formula is C21H32N4O2. The van der Waals surface area contributed by atoms with Gasteiger partial charge in [-0.3, -0.25) is 14.0 Å². The molecule has 0 aliphatic rings. The molecule has 6 nitrogen and oxygen atoms in total. The topological polar surface area (TPSA) is 75.5 Å². The van der Waals surface area contributed by atoms with E-state index >= 15 is 0 Å². The Balaban J connectivity index is 1.59. The average molecular weight is 373 g/mol. The Hall–Kier alpha value is -2.37. The zero-order valence-corrected chi connectivity index (χ0v) is 16.6. The fourth-order valence-corrected chi connectivity index (χ4v) is 3.13. The average Bonchev–Trinajstić information content (AvgIpc) is 3.00. The molecule has 0 aliphatic carbocycles. The van der Waals surface area contributed by atoms with E-state index in [9.17, 15) is 9.59 Å². The van der Waals surface area contributed by atoms with E-state index in [0.29, 0.717) is 18.7 Å². The Morgan fingerprint density at radius 1 is 1.00 bits per heavy atom. The summed E-state index contributed by atoms with van der Waals surface area (Å²) in [6.07, 6.45) is 9.75. The SMILES string of the molecule is CCCCCCNC(=O)CCCCCNC(=O)c1c(C)nc2ccccn12. The van der Waals surface area contributed by atoms with E-state index in [0.717, 1.165) is 43.6 Å². The molecule has 0 saturated heterocycles. The molecule has 148 valence electrons. The van der Waals surface area contributed by atoms with E-state index in [2.05, 4.69) is 22.5 Å². The van der Waals surface area contributed by atoms with Crippen LogP contribution in [-0.2, 0) is 4.79 Å². The Morgan fingerprint density at radius 3 is 2.52 bits per heavy atom. The zero-order valence-electron chi connectivity index (χ0n) is 16.6. The van der Waals surface area contributed by atoms with Crippen molar-refractivity contribution in [1.82, 2.24) is 20.0 Å². The number of nitrogens with one attached hydrogen (secondary N) is 2. The Morgan fingerprint density at radius 2 is 1.74 bits per heavy atom. The van der Waals surface area contributed by atoms with Crippen LogP contribution in [0, 0.1) is 6.92 Å². The third-order valence-electron chi connectivity index (χ3n) is 4.64. The van der Waals surface area contributed by atoms with E-state index < -0.39 is 0 Å². The Bertz CT molecular complexity index is 739. The lowest BCUT2D eigenvalue weighted by Crippen LogP contribution is -2.26. The predicted molar refractivity (Wildman–Crippen MR) is 108 cm³/mol. The number of amides is 2. The maximum Gasteiger partial charge on any atom is 0.270 e. The molecule has 2 N–H and O–H groups in total. The van der Waals surface area contributed by atoms with Crippen LogP contribution in [0.1, 0.15) is 74.5 Å². The number of unbranched alkanes of at least 4 members (excludes halogenated alkanes) is 5. The highest BCUT2D eigenvalue weighted by atomic mass is 16.2. The second kappa shape index (κ2) is 11.4. The highest BCUT2D eigenvalue weighted by Crippen LogP contribution is 2.11. The number of carbonyl (C=O) groups is 2. The van der Waals surface area contributed by atoms with Crippen LogP contribution in [0.5, 0.6) is 0 Å². The van der Waals surface area contributed by atoms with Crippen molar-refractivity contribution in [2.45, 2.75) is 65.2 Å². The van der Waals surface area contributed by atoms with E-state index in [1.54, 1.807) is 0 Å². The van der Waals surface area contributed by atoms with Crippen molar-refractivity contribution in [2.75, 3.05) is 13.1 Å². The number of rotatable bonds is 12. The van der Waals surface area contributed by atoms with Crippen molar-refractivity contribution < 1.29 is 9.59 Å². The first-order valence-corrected chi connectivity index (χ1v) is 10.1. The number of pyridine rings is 1. The molecule has 0 fully saturated rings. The van der Waals surface area contributed by atoms with Gasteiger partial charge in [0.15, 0.2) is 0 Å². The molecule has 2 aromatic heterocycles. The first kappa shape index (κ1) is 20.9. The molecule has 0 unspecified atom stereocenters. The first-order valence-electron chi connectivity index (χ1n) is 10.1. The molecule has 0 atom stereocenters. The van der Waals surface area contributed by atoms with Crippen LogP contribution in [0.4, 0.5) is 0 Å². The van der Waals surface area contributed by atoms with Crippen LogP contribution < -0.4 is 10.6 Å². The number of carbonyl (C=O) groups excluding carboxylic acids is 2. The van der Waals surface area contributed by atoms with Gasteiger partial charge in [0.05, 0.1) is 5.69 Å². The van der Waals surface area contributed by atoms with Gasteiger partial charge in [-0.2, -0.15) is 0 Å². The summed E-state index contributed by atoms with van der Waals surface area (Å²) in [6.45, 7) is 5.42. The maximum atomic E-state index is 12.4. The van der Waals surface area contributed by atoms with Crippen LogP contribution in [-0.4, -0.2) is 34.3 Å². The molecule has 6 heteroatoms. The highest BCUT2D eigenvalue weighted by Gasteiger charge is 2.15. The van der Waals surface area contributed by atoms with E-state index in [-0.39, 0.29) is 11.8 Å². The standard InChI is InChI=1S/C21H32N4O2/c1-3-4-5-9-14-22-19(26)13-7-6-10-15-23-21(27)20-17(2)24-18-12-8-11-16-25(18)20/h8,11-12,16H,3-7,9-10,13-15H2,1-2H3,(H,22,26)(H,23,27). The van der Waals surface area contributed by atoms with E-state index in [4.69, 9.17) is 0 Å². The summed E-state index contributed by atoms with van der Waals surface area (Å²) in [4.78, 5) is 28.6. The molecule has 27 heavy (non-hydrogen) atoms. The highest BCUT2D eigenvalue weighted by molar-refractivity contribution is 5.94. The number of aromatic nitrogens is 2. The van der Waals surface area contributed by atoms with Crippen molar-refractivity contribution in [1.29, 1.82) is 0 Å². The lowest BCUT2D eigenvalue weighted by atomic mass is 10.1. The third kappa shape index (κ3) is 6.70. The first-order chi connectivity index (χ1) is 13.1. The van der Waals surface area contributed by atoms with Gasteiger partial charge in [0.2, 0.25) is 5.91 Å². The monoisotopic (exact) mass is 372 g/mol. The van der Waals surface area contributed by atoms with Crippen LogP contribution in [0.3, 0.4) is 0 Å². The lowest BCUT2D eigenvalue weighted by Gasteiger charge is -2.07. The third-order valence-corrected chi connectivity index (χ3v) is 4.64. The molecule has 0 aromatic carbocycles. The molecule has 0 aliphatic heterocycles. The van der Waals surface area contributed by atoms with Crippen molar-refractivity contribution in [3.05, 3.63) is 35.8 Å². The number of hydrogen-bond acceptors (Lipinski definition) is 3. The minimum Gasteiger partial charge on any atom is -0.356 e. The minimum atomic E-state index is -0.101. The molecular weight excluding hydrogens is 340 g/mol. The van der Waals surface area contributed by atoms with Gasteiger partial charge in [-0.1, -0.05) is 38.7 Å². The minimum absolute atomic E-state index is 0.101. The number of hydrogen-bond donors (Lipinski definition) is 2. The summed E-state index contributed by atoms with van der Waals surface area (Å²) in [6, 6.07) is 5.68. The molecule has 2 rings (SSSR count). The normalized spacial score (nSPS) is 10.9. The van der Waals surface area contributed by atoms with Gasteiger partial charge in [-0.25, -0.2) is 4.98 Å². The van der Waals surface area contributed by atoms with Crippen LogP contribution in [0.2, 0.25) is 0 Å². The van der Waals surface area contributed by atoms with Gasteiger partial charge in [-0.05, 0) is 38.3 Å². The summed E-state index contributed by atoms with van der Waals surface area (Å²) in [5, 5.41) is 5.93. The maximum absolute atomic E-state index is 12.4. The number of aryl methyl sites for hydroxylation is 1. The summed E-state index contributed by atoms with van der Waals surface area (Å²) in [5.41, 5.74) is 2.10. The zero-order chi connectivity index (χ0) is 19.5. The van der Waals surface area contributed by atoms with Gasteiger partial charge in [-0.15, -0.1) is 0 Å². The van der Waals surface area contributed by atoms with E-state index in [1.165, 1.54) is 19.3 Å². The summed E-state index contributed by atoms with van der Waals surface area (Å²) < 4.78 is 1.81. The van der Waals surface area contributed by atoms with Crippen molar-refractivity contribution in [2.24, 2.45) is 0 Å². The van der Waals surface area contributed by atoms with Crippen LogP contribution >= 0.6 is 0 Å². The lowest BCUT2D eigenvalue weighted by molar-refractivity contribution is -0.121. The largest absolute Gasteiger partial charge is 0.356 e. The van der Waals surface area contributed by atoms with Crippen molar-refractivity contribution >= 4 is 17.5 Å². The molecule has 0 spiro atoms. The van der Waals surface area contributed by atoms with Gasteiger partial charge in [0, 0.05) is 25.7 Å². The number of fused-ring (bicyclic) bond motifs is 1. The van der Waals surface area contributed by atoms with Crippen molar-refractivity contribution in [3.63, 3.8) is 0 Å². The van der Waals surface area contributed by atoms with E-state index in [1.807, 2.05) is 35.7 Å².